The fraction of sp³-hybridized carbons (Fsp3) is 0.158. The normalized spacial score (nSPS) is 19.2. The highest BCUT2D eigenvalue weighted by Crippen LogP contribution is 2.35. The Morgan fingerprint density at radius 2 is 2.11 bits per heavy atom. The Labute approximate surface area is 171 Å². The number of nitrogens with one attached hydrogen (secondary N) is 1. The molecule has 2 aromatic rings. The molecule has 28 heavy (non-hydrogen) atoms. The smallest absolute Gasteiger partial charge is 0.275 e. The first-order chi connectivity index (χ1) is 13.3. The molecule has 3 rings (SSSR count). The molecule has 0 spiro atoms. The first-order valence-electron chi connectivity index (χ1n) is 8.25. The van der Waals surface area contributed by atoms with E-state index in [-0.39, 0.29) is 34.2 Å². The van der Waals surface area contributed by atoms with Crippen molar-refractivity contribution in [3.63, 3.8) is 0 Å². The van der Waals surface area contributed by atoms with E-state index < -0.39 is 11.4 Å². The van der Waals surface area contributed by atoms with Gasteiger partial charge in [-0.3, -0.25) is 14.5 Å². The van der Waals surface area contributed by atoms with Gasteiger partial charge in [0.15, 0.2) is 5.96 Å². The average molecular weight is 418 g/mol. The van der Waals surface area contributed by atoms with E-state index in [9.17, 15) is 9.59 Å². The largest absolute Gasteiger partial charge is 0.369 e. The van der Waals surface area contributed by atoms with Crippen molar-refractivity contribution < 1.29 is 9.59 Å². The van der Waals surface area contributed by atoms with Crippen LogP contribution in [-0.2, 0) is 10.3 Å². The van der Waals surface area contributed by atoms with E-state index in [0.717, 1.165) is 0 Å². The molecule has 0 bridgehead atoms. The first kappa shape index (κ1) is 19.9. The van der Waals surface area contributed by atoms with Crippen LogP contribution < -0.4 is 11.1 Å². The summed E-state index contributed by atoms with van der Waals surface area (Å²) in [5.74, 6) is -0.600. The molecule has 9 heteroatoms. The van der Waals surface area contributed by atoms with Crippen molar-refractivity contribution in [2.45, 2.75) is 12.0 Å². The number of nitrogens with zero attached hydrogens (tertiary/aromatic N) is 3. The number of aliphatic imine (C=N–C) groups is 1. The summed E-state index contributed by atoms with van der Waals surface area (Å²) in [6, 6.07) is 9.91. The summed E-state index contributed by atoms with van der Waals surface area (Å²) < 4.78 is 0. The van der Waals surface area contributed by atoms with E-state index in [2.05, 4.69) is 21.9 Å². The van der Waals surface area contributed by atoms with E-state index in [1.807, 2.05) is 0 Å². The summed E-state index contributed by atoms with van der Waals surface area (Å²) in [6.07, 6.45) is 1.65. The van der Waals surface area contributed by atoms with Crippen molar-refractivity contribution in [2.24, 2.45) is 10.7 Å². The maximum Gasteiger partial charge on any atom is 0.275 e. The lowest BCUT2D eigenvalue weighted by Gasteiger charge is -2.34. The summed E-state index contributed by atoms with van der Waals surface area (Å²) in [5, 5.41) is 3.06. The van der Waals surface area contributed by atoms with E-state index in [4.69, 9.17) is 28.9 Å². The van der Waals surface area contributed by atoms with Crippen LogP contribution in [0.25, 0.3) is 0 Å². The number of hydrogen-bond donors (Lipinski definition) is 2. The zero-order valence-electron chi connectivity index (χ0n) is 14.9. The minimum atomic E-state index is -1.01. The van der Waals surface area contributed by atoms with Gasteiger partial charge in [0.2, 0.25) is 5.91 Å². The van der Waals surface area contributed by atoms with Gasteiger partial charge in [0.1, 0.15) is 16.4 Å². The summed E-state index contributed by atoms with van der Waals surface area (Å²) in [4.78, 5) is 34.5. The van der Waals surface area contributed by atoms with Crippen molar-refractivity contribution in [1.82, 2.24) is 9.88 Å². The molecule has 2 heterocycles. The first-order valence-corrected chi connectivity index (χ1v) is 9.01. The topological polar surface area (TPSA) is 101 Å². The second kappa shape index (κ2) is 7.61. The van der Waals surface area contributed by atoms with Gasteiger partial charge in [-0.2, -0.15) is 0 Å². The number of halogens is 2. The summed E-state index contributed by atoms with van der Waals surface area (Å²) in [5.41, 5.74) is 6.02. The maximum atomic E-state index is 12.5. The standard InChI is InChI=1S/C19H17Cl2N5O2/c1-3-19(10-15(27)26(2)18(22)25-19)11-5-4-6-12(9-11)23-17(28)16-13(20)7-8-14(21)24-16/h3-9H,1,10H2,2H3,(H2,22,25)(H,23,28)/t19-/m0/s1. The zero-order chi connectivity index (χ0) is 20.5. The second-order valence-electron chi connectivity index (χ2n) is 6.23. The van der Waals surface area contributed by atoms with Gasteiger partial charge >= 0.3 is 0 Å². The number of amides is 2. The number of guanidine groups is 1. The molecule has 144 valence electrons. The lowest BCUT2D eigenvalue weighted by molar-refractivity contribution is -0.128. The number of aromatic nitrogens is 1. The molecule has 0 saturated carbocycles. The van der Waals surface area contributed by atoms with Crippen LogP contribution in [-0.4, -0.2) is 34.7 Å². The van der Waals surface area contributed by atoms with Gasteiger partial charge in [-0.05, 0) is 29.8 Å². The molecule has 0 fully saturated rings. The molecule has 1 atom stereocenters. The van der Waals surface area contributed by atoms with Gasteiger partial charge < -0.3 is 11.1 Å². The van der Waals surface area contributed by atoms with Crippen LogP contribution in [0.4, 0.5) is 5.69 Å². The number of benzene rings is 1. The van der Waals surface area contributed by atoms with E-state index >= 15 is 0 Å². The Balaban J connectivity index is 1.94. The molecule has 0 unspecified atom stereocenters. The molecule has 0 saturated heterocycles. The second-order valence-corrected chi connectivity index (χ2v) is 7.02. The molecule has 0 radical (unpaired) electrons. The molecule has 0 aliphatic carbocycles. The van der Waals surface area contributed by atoms with Crippen LogP contribution in [0.3, 0.4) is 0 Å². The van der Waals surface area contributed by atoms with Crippen LogP contribution >= 0.6 is 23.2 Å². The maximum absolute atomic E-state index is 12.5. The number of pyridine rings is 1. The number of rotatable bonds is 4. The number of nitrogens with two attached hydrogens (primary N) is 1. The minimum absolute atomic E-state index is 0.00902. The molecule has 3 N–H and O–H groups in total. The average Bonchev–Trinajstić information content (AvgIpc) is 2.67. The van der Waals surface area contributed by atoms with Gasteiger partial charge in [-0.1, -0.05) is 41.4 Å². The molecule has 7 nitrogen and oxygen atoms in total. The SMILES string of the molecule is C=C[C@@]1(c2cccc(NC(=O)c3nc(Cl)ccc3Cl)c2)CC(=O)N(C)C(N)=N1. The highest BCUT2D eigenvalue weighted by molar-refractivity contribution is 6.35. The van der Waals surface area contributed by atoms with E-state index in [1.54, 1.807) is 37.4 Å². The summed E-state index contributed by atoms with van der Waals surface area (Å²) in [7, 11) is 1.56. The fourth-order valence-corrected chi connectivity index (χ4v) is 3.17. The van der Waals surface area contributed by atoms with Gasteiger partial charge in [0, 0.05) is 12.7 Å². The van der Waals surface area contributed by atoms with Crippen molar-refractivity contribution in [3.8, 4) is 0 Å². The molecule has 1 aliphatic heterocycles. The van der Waals surface area contributed by atoms with Crippen LogP contribution in [0.1, 0.15) is 22.5 Å². The van der Waals surface area contributed by atoms with Crippen molar-refractivity contribution in [2.75, 3.05) is 12.4 Å². The van der Waals surface area contributed by atoms with Crippen molar-refractivity contribution in [1.29, 1.82) is 0 Å². The quantitative estimate of drug-likeness (QED) is 0.588. The van der Waals surface area contributed by atoms with E-state index in [0.29, 0.717) is 11.3 Å². The lowest BCUT2D eigenvalue weighted by atomic mass is 9.85. The molecule has 2 amide bonds. The molecule has 1 aromatic carbocycles. The lowest BCUT2D eigenvalue weighted by Crippen LogP contribution is -2.47. The van der Waals surface area contributed by atoms with Gasteiger partial charge in [-0.15, -0.1) is 6.58 Å². The van der Waals surface area contributed by atoms with Crippen LogP contribution in [0.2, 0.25) is 10.2 Å². The van der Waals surface area contributed by atoms with Gasteiger partial charge in [0.05, 0.1) is 11.4 Å². The highest BCUT2D eigenvalue weighted by Gasteiger charge is 2.37. The Kier molecular flexibility index (Phi) is 5.40. The monoisotopic (exact) mass is 417 g/mol. The van der Waals surface area contributed by atoms with Crippen LogP contribution in [0.15, 0.2) is 54.0 Å². The zero-order valence-corrected chi connectivity index (χ0v) is 16.5. The minimum Gasteiger partial charge on any atom is -0.369 e. The highest BCUT2D eigenvalue weighted by atomic mass is 35.5. The fourth-order valence-electron chi connectivity index (χ4n) is 2.83. The Bertz CT molecular complexity index is 1010. The summed E-state index contributed by atoms with van der Waals surface area (Å²) in [6.45, 7) is 3.82. The Morgan fingerprint density at radius 1 is 1.36 bits per heavy atom. The molecule has 1 aliphatic rings. The predicted molar refractivity (Wildman–Crippen MR) is 110 cm³/mol. The summed E-state index contributed by atoms with van der Waals surface area (Å²) >= 11 is 11.9. The Morgan fingerprint density at radius 3 is 2.79 bits per heavy atom. The molecular formula is C19H17Cl2N5O2. The number of carbonyl (C=O) groups excluding carboxylic acids is 2. The third-order valence-corrected chi connectivity index (χ3v) is 4.95. The number of hydrogen-bond acceptors (Lipinski definition) is 5. The van der Waals surface area contributed by atoms with Crippen molar-refractivity contribution in [3.05, 3.63) is 70.5 Å². The third-order valence-electron chi connectivity index (χ3n) is 4.44. The Hall–Kier alpha value is -2.90. The van der Waals surface area contributed by atoms with Gasteiger partial charge in [-0.25, -0.2) is 9.98 Å². The van der Waals surface area contributed by atoms with Crippen molar-refractivity contribution >= 4 is 46.7 Å². The molecule has 1 aromatic heterocycles. The van der Waals surface area contributed by atoms with Crippen LogP contribution in [0, 0.1) is 0 Å². The number of carbonyl (C=O) groups is 2. The number of anilines is 1. The van der Waals surface area contributed by atoms with E-state index in [1.165, 1.54) is 17.0 Å². The third kappa shape index (κ3) is 3.72. The van der Waals surface area contributed by atoms with Crippen LogP contribution in [0.5, 0.6) is 0 Å². The predicted octanol–water partition coefficient (Wildman–Crippen LogP) is 3.20. The molecular weight excluding hydrogens is 401 g/mol. The van der Waals surface area contributed by atoms with Gasteiger partial charge in [0.25, 0.3) is 5.91 Å².